The van der Waals surface area contributed by atoms with Gasteiger partial charge in [-0.25, -0.2) is 23.7 Å². The van der Waals surface area contributed by atoms with Gasteiger partial charge in [0.2, 0.25) is 0 Å². The summed E-state index contributed by atoms with van der Waals surface area (Å²) in [7, 11) is 1.81. The maximum Gasteiger partial charge on any atom is 0.145 e. The molecule has 11 heteroatoms. The third-order valence-electron chi connectivity index (χ3n) is 6.56. The number of likely N-dealkylation sites (tertiary alicyclic amines) is 1. The Hall–Kier alpha value is -4.38. The Balaban J connectivity index is 1.21. The van der Waals surface area contributed by atoms with Gasteiger partial charge in [-0.05, 0) is 17.2 Å². The smallest absolute Gasteiger partial charge is 0.145 e. The largest absolute Gasteiger partial charge is 0.492 e. The standard InChI is InChI=1S/C28H30F2N8O/c1-32-14-21(12-31)20-4-2-19(3-5-20)13-33-27-11-25(35-18-36-27)26-15-34-28-10-22(6-7-38(26)28)39-9-8-37-16-23(29)24(30)17-37/h2-7,10-12,14-15,18,23-24,31-32H,8-9,13,16-17H2,1H3,(H,33,35,36)/b21-14+,31-12?/t23-,24+. The molecule has 4 heterocycles. The molecule has 0 aliphatic carbocycles. The van der Waals surface area contributed by atoms with Gasteiger partial charge in [0.1, 0.15) is 42.5 Å². The molecule has 4 aromatic rings. The van der Waals surface area contributed by atoms with Crippen molar-refractivity contribution < 1.29 is 13.5 Å². The van der Waals surface area contributed by atoms with Crippen molar-refractivity contribution in [3.8, 4) is 17.1 Å². The molecule has 0 spiro atoms. The molecule has 2 atom stereocenters. The zero-order chi connectivity index (χ0) is 27.2. The number of ether oxygens (including phenoxy) is 1. The summed E-state index contributed by atoms with van der Waals surface area (Å²) in [5.74, 6) is 1.32. The molecular formula is C28H30F2N8O. The summed E-state index contributed by atoms with van der Waals surface area (Å²) in [4.78, 5) is 15.0. The molecule has 39 heavy (non-hydrogen) atoms. The molecule has 3 N–H and O–H groups in total. The van der Waals surface area contributed by atoms with Crippen molar-refractivity contribution in [2.45, 2.75) is 18.9 Å². The second-order valence-electron chi connectivity index (χ2n) is 9.25. The minimum absolute atomic E-state index is 0.107. The molecule has 9 nitrogen and oxygen atoms in total. The van der Waals surface area contributed by atoms with Crippen LogP contribution in [0.1, 0.15) is 11.1 Å². The number of allylic oxidation sites excluding steroid dienone is 1. The van der Waals surface area contributed by atoms with E-state index in [1.807, 2.05) is 60.1 Å². The van der Waals surface area contributed by atoms with Crippen molar-refractivity contribution in [1.29, 1.82) is 5.41 Å². The van der Waals surface area contributed by atoms with Crippen LogP contribution in [0.2, 0.25) is 0 Å². The number of hydrogen-bond donors (Lipinski definition) is 3. The van der Waals surface area contributed by atoms with Crippen LogP contribution >= 0.6 is 0 Å². The minimum Gasteiger partial charge on any atom is -0.492 e. The first-order chi connectivity index (χ1) is 19.0. The van der Waals surface area contributed by atoms with E-state index >= 15 is 0 Å². The molecule has 0 amide bonds. The fourth-order valence-electron chi connectivity index (χ4n) is 4.48. The second-order valence-corrected chi connectivity index (χ2v) is 9.25. The predicted octanol–water partition coefficient (Wildman–Crippen LogP) is 3.98. The zero-order valence-electron chi connectivity index (χ0n) is 21.5. The highest BCUT2D eigenvalue weighted by atomic mass is 19.2. The van der Waals surface area contributed by atoms with E-state index in [-0.39, 0.29) is 13.1 Å². The number of rotatable bonds is 11. The van der Waals surface area contributed by atoms with Crippen LogP contribution in [0.25, 0.3) is 22.6 Å². The number of hydrogen-bond acceptors (Lipinski definition) is 8. The van der Waals surface area contributed by atoms with E-state index in [9.17, 15) is 8.78 Å². The molecule has 202 valence electrons. The summed E-state index contributed by atoms with van der Waals surface area (Å²) < 4.78 is 34.4. The van der Waals surface area contributed by atoms with E-state index in [0.717, 1.165) is 22.4 Å². The molecule has 0 saturated carbocycles. The lowest BCUT2D eigenvalue weighted by atomic mass is 10.1. The van der Waals surface area contributed by atoms with Crippen LogP contribution in [0.4, 0.5) is 14.6 Å². The van der Waals surface area contributed by atoms with Gasteiger partial charge in [0, 0.05) is 69.5 Å². The van der Waals surface area contributed by atoms with E-state index < -0.39 is 12.3 Å². The quantitative estimate of drug-likeness (QED) is 0.251. The molecule has 0 radical (unpaired) electrons. The van der Waals surface area contributed by atoms with E-state index in [1.54, 1.807) is 17.3 Å². The SMILES string of the molecule is CN/C=C(\C=N)c1ccc(CNc2cc(-c3cnc4cc(OCCN5C[C@@H](F)[C@@H](F)C5)ccn34)ncn2)cc1. The summed E-state index contributed by atoms with van der Waals surface area (Å²) >= 11 is 0. The van der Waals surface area contributed by atoms with Crippen LogP contribution in [0.5, 0.6) is 5.75 Å². The number of fused-ring (bicyclic) bond motifs is 1. The number of halogens is 2. The number of pyridine rings is 1. The maximum absolute atomic E-state index is 13.4. The van der Waals surface area contributed by atoms with Crippen LogP contribution in [0.3, 0.4) is 0 Å². The van der Waals surface area contributed by atoms with Gasteiger partial charge in [0.05, 0.1) is 17.6 Å². The van der Waals surface area contributed by atoms with Crippen LogP contribution in [0, 0.1) is 5.41 Å². The van der Waals surface area contributed by atoms with E-state index in [1.165, 1.54) is 12.5 Å². The molecule has 1 fully saturated rings. The Morgan fingerprint density at radius 2 is 1.90 bits per heavy atom. The lowest BCUT2D eigenvalue weighted by molar-refractivity contribution is 0.217. The van der Waals surface area contributed by atoms with Crippen LogP contribution in [-0.2, 0) is 6.54 Å². The van der Waals surface area contributed by atoms with E-state index in [0.29, 0.717) is 42.6 Å². The summed E-state index contributed by atoms with van der Waals surface area (Å²) in [6, 6.07) is 13.5. The molecule has 1 saturated heterocycles. The topological polar surface area (TPSA) is 103 Å². The van der Waals surface area contributed by atoms with Gasteiger partial charge in [-0.3, -0.25) is 9.30 Å². The van der Waals surface area contributed by atoms with Crippen LogP contribution < -0.4 is 15.4 Å². The lowest BCUT2D eigenvalue weighted by Gasteiger charge is -2.14. The number of alkyl halides is 2. The van der Waals surface area contributed by atoms with Crippen molar-refractivity contribution in [3.05, 3.63) is 78.5 Å². The highest BCUT2D eigenvalue weighted by Crippen LogP contribution is 2.24. The molecule has 1 aromatic carbocycles. The Morgan fingerprint density at radius 3 is 2.64 bits per heavy atom. The molecule has 1 aliphatic rings. The Bertz CT molecular complexity index is 1450. The highest BCUT2D eigenvalue weighted by Gasteiger charge is 2.32. The van der Waals surface area contributed by atoms with Gasteiger partial charge in [-0.2, -0.15) is 0 Å². The normalized spacial score (nSPS) is 17.9. The van der Waals surface area contributed by atoms with Crippen molar-refractivity contribution in [3.63, 3.8) is 0 Å². The van der Waals surface area contributed by atoms with Gasteiger partial charge in [0.15, 0.2) is 0 Å². The fourth-order valence-corrected chi connectivity index (χ4v) is 4.48. The van der Waals surface area contributed by atoms with Crippen LogP contribution in [0.15, 0.2) is 67.4 Å². The number of anilines is 1. The van der Waals surface area contributed by atoms with Gasteiger partial charge >= 0.3 is 0 Å². The first-order valence-corrected chi connectivity index (χ1v) is 12.7. The summed E-state index contributed by atoms with van der Waals surface area (Å²) in [6.45, 7) is 1.59. The second kappa shape index (κ2) is 12.0. The predicted molar refractivity (Wildman–Crippen MR) is 148 cm³/mol. The van der Waals surface area contributed by atoms with Crippen molar-refractivity contribution >= 4 is 23.3 Å². The fraction of sp³-hybridized carbons (Fsp3) is 0.286. The third kappa shape index (κ3) is 6.20. The molecule has 0 bridgehead atoms. The van der Waals surface area contributed by atoms with Crippen molar-refractivity contribution in [2.24, 2.45) is 0 Å². The summed E-state index contributed by atoms with van der Waals surface area (Å²) in [5.41, 5.74) is 5.06. The van der Waals surface area contributed by atoms with Crippen LogP contribution in [-0.4, -0.2) is 76.1 Å². The number of imidazole rings is 1. The third-order valence-corrected chi connectivity index (χ3v) is 6.56. The summed E-state index contributed by atoms with van der Waals surface area (Å²) in [6.07, 6.45) is 5.40. The average Bonchev–Trinajstić information content (AvgIpc) is 3.52. The van der Waals surface area contributed by atoms with Crippen molar-refractivity contribution in [2.75, 3.05) is 38.6 Å². The number of nitrogens with zero attached hydrogens (tertiary/aromatic N) is 5. The van der Waals surface area contributed by atoms with Gasteiger partial charge < -0.3 is 20.8 Å². The zero-order valence-corrected chi connectivity index (χ0v) is 21.5. The molecule has 5 rings (SSSR count). The number of nitrogens with one attached hydrogen (secondary N) is 3. The monoisotopic (exact) mass is 532 g/mol. The van der Waals surface area contributed by atoms with E-state index in [4.69, 9.17) is 10.1 Å². The minimum atomic E-state index is -1.42. The van der Waals surface area contributed by atoms with E-state index in [2.05, 4.69) is 25.6 Å². The molecular weight excluding hydrogens is 502 g/mol. The Kier molecular flexibility index (Phi) is 8.07. The maximum atomic E-state index is 13.4. The Morgan fingerprint density at radius 1 is 1.10 bits per heavy atom. The first kappa shape index (κ1) is 26.2. The number of aromatic nitrogens is 4. The summed E-state index contributed by atoms with van der Waals surface area (Å²) in [5, 5.41) is 13.9. The first-order valence-electron chi connectivity index (χ1n) is 12.7. The Labute approximate surface area is 225 Å². The van der Waals surface area contributed by atoms with Crippen molar-refractivity contribution in [1.82, 2.24) is 29.6 Å². The molecule has 0 unspecified atom stereocenters. The lowest BCUT2D eigenvalue weighted by Crippen LogP contribution is -2.26. The number of benzene rings is 1. The molecule has 1 aliphatic heterocycles. The molecule has 3 aromatic heterocycles. The van der Waals surface area contributed by atoms with Gasteiger partial charge in [0.25, 0.3) is 0 Å². The average molecular weight is 533 g/mol. The van der Waals surface area contributed by atoms with Gasteiger partial charge in [-0.15, -0.1) is 0 Å². The highest BCUT2D eigenvalue weighted by molar-refractivity contribution is 6.08. The van der Waals surface area contributed by atoms with Gasteiger partial charge in [-0.1, -0.05) is 24.3 Å².